The highest BCUT2D eigenvalue weighted by molar-refractivity contribution is 5.92. The van der Waals surface area contributed by atoms with E-state index in [9.17, 15) is 9.59 Å². The van der Waals surface area contributed by atoms with Gasteiger partial charge in [0.15, 0.2) is 5.69 Å². The number of amides is 1. The lowest BCUT2D eigenvalue weighted by molar-refractivity contribution is 0.0680. The molecular formula is C14H21N3O3. The van der Waals surface area contributed by atoms with Crippen molar-refractivity contribution in [2.24, 2.45) is 11.8 Å². The average molecular weight is 279 g/mol. The summed E-state index contributed by atoms with van der Waals surface area (Å²) in [5.74, 6) is -0.664. The van der Waals surface area contributed by atoms with Crippen LogP contribution in [0.15, 0.2) is 12.4 Å². The van der Waals surface area contributed by atoms with E-state index in [1.807, 2.05) is 27.7 Å². The first-order chi connectivity index (χ1) is 9.31. The third-order valence-corrected chi connectivity index (χ3v) is 2.55. The highest BCUT2D eigenvalue weighted by Gasteiger charge is 2.20. The molecule has 0 bridgehead atoms. The number of nitrogens with zero attached hydrogens (tertiary/aromatic N) is 3. The Hall–Kier alpha value is -1.98. The summed E-state index contributed by atoms with van der Waals surface area (Å²) in [5.41, 5.74) is 0.0112. The Kier molecular flexibility index (Phi) is 5.61. The molecular weight excluding hydrogens is 258 g/mol. The zero-order chi connectivity index (χ0) is 15.3. The maximum Gasteiger partial charge on any atom is 0.356 e. The molecule has 1 aromatic rings. The van der Waals surface area contributed by atoms with Crippen LogP contribution in [0.1, 0.15) is 48.7 Å². The summed E-state index contributed by atoms with van der Waals surface area (Å²) in [5, 5.41) is 8.76. The molecule has 0 radical (unpaired) electrons. The molecule has 0 atom stereocenters. The van der Waals surface area contributed by atoms with Gasteiger partial charge < -0.3 is 10.0 Å². The number of aromatic carboxylic acids is 1. The smallest absolute Gasteiger partial charge is 0.356 e. The van der Waals surface area contributed by atoms with Crippen LogP contribution < -0.4 is 0 Å². The number of carboxylic acid groups (broad SMARTS) is 1. The molecule has 6 heteroatoms. The van der Waals surface area contributed by atoms with Crippen LogP contribution in [-0.4, -0.2) is 44.9 Å². The summed E-state index contributed by atoms with van der Waals surface area (Å²) >= 11 is 0. The van der Waals surface area contributed by atoms with Crippen molar-refractivity contribution in [3.8, 4) is 0 Å². The molecule has 1 N–H and O–H groups in total. The van der Waals surface area contributed by atoms with Gasteiger partial charge in [-0.2, -0.15) is 0 Å². The van der Waals surface area contributed by atoms with Crippen LogP contribution in [0, 0.1) is 11.8 Å². The fourth-order valence-corrected chi connectivity index (χ4v) is 1.83. The van der Waals surface area contributed by atoms with Crippen molar-refractivity contribution in [3.05, 3.63) is 23.8 Å². The first-order valence-electron chi connectivity index (χ1n) is 6.65. The van der Waals surface area contributed by atoms with E-state index in [0.29, 0.717) is 24.9 Å². The monoisotopic (exact) mass is 279 g/mol. The zero-order valence-electron chi connectivity index (χ0n) is 12.3. The maximum absolute atomic E-state index is 12.4. The normalized spacial score (nSPS) is 10.9. The predicted octanol–water partition coefficient (Wildman–Crippen LogP) is 1.93. The molecule has 0 aliphatic heterocycles. The zero-order valence-corrected chi connectivity index (χ0v) is 12.3. The van der Waals surface area contributed by atoms with E-state index >= 15 is 0 Å². The third kappa shape index (κ3) is 4.60. The van der Waals surface area contributed by atoms with Crippen LogP contribution >= 0.6 is 0 Å². The molecule has 0 aromatic carbocycles. The van der Waals surface area contributed by atoms with Gasteiger partial charge in [-0.1, -0.05) is 27.7 Å². The molecule has 1 aromatic heterocycles. The molecule has 0 aliphatic rings. The van der Waals surface area contributed by atoms with Gasteiger partial charge in [0.25, 0.3) is 5.91 Å². The molecule has 0 aliphatic carbocycles. The summed E-state index contributed by atoms with van der Waals surface area (Å²) in [6.07, 6.45) is 2.33. The Balaban J connectivity index is 2.90. The minimum Gasteiger partial charge on any atom is -0.476 e. The van der Waals surface area contributed by atoms with Crippen molar-refractivity contribution >= 4 is 11.9 Å². The minimum atomic E-state index is -1.15. The van der Waals surface area contributed by atoms with Gasteiger partial charge >= 0.3 is 5.97 Å². The van der Waals surface area contributed by atoms with E-state index < -0.39 is 5.97 Å². The Labute approximate surface area is 118 Å². The molecule has 0 fully saturated rings. The Bertz CT molecular complexity index is 459. The number of rotatable bonds is 6. The predicted molar refractivity (Wildman–Crippen MR) is 74.6 cm³/mol. The molecule has 0 saturated carbocycles. The number of hydrogen-bond acceptors (Lipinski definition) is 4. The van der Waals surface area contributed by atoms with Crippen LogP contribution in [0.2, 0.25) is 0 Å². The molecule has 110 valence electrons. The second-order valence-corrected chi connectivity index (χ2v) is 5.59. The van der Waals surface area contributed by atoms with Gasteiger partial charge in [0.2, 0.25) is 0 Å². The first kappa shape index (κ1) is 16.1. The topological polar surface area (TPSA) is 83.4 Å². The number of aromatic nitrogens is 2. The van der Waals surface area contributed by atoms with Crippen LogP contribution in [0.4, 0.5) is 0 Å². The van der Waals surface area contributed by atoms with E-state index in [1.165, 1.54) is 6.20 Å². The summed E-state index contributed by atoms with van der Waals surface area (Å²) in [4.78, 5) is 32.4. The molecule has 1 rings (SSSR count). The van der Waals surface area contributed by atoms with Gasteiger partial charge in [0, 0.05) is 13.1 Å². The van der Waals surface area contributed by atoms with Gasteiger partial charge in [-0.15, -0.1) is 0 Å². The van der Waals surface area contributed by atoms with Crippen molar-refractivity contribution in [2.75, 3.05) is 13.1 Å². The molecule has 6 nitrogen and oxygen atoms in total. The van der Waals surface area contributed by atoms with Gasteiger partial charge in [-0.3, -0.25) is 4.79 Å². The maximum atomic E-state index is 12.4. The molecule has 20 heavy (non-hydrogen) atoms. The quantitative estimate of drug-likeness (QED) is 0.860. The average Bonchev–Trinajstić information content (AvgIpc) is 2.36. The number of hydrogen-bond donors (Lipinski definition) is 1. The Morgan fingerprint density at radius 3 is 1.85 bits per heavy atom. The molecule has 0 unspecified atom stereocenters. The highest BCUT2D eigenvalue weighted by Crippen LogP contribution is 2.08. The van der Waals surface area contributed by atoms with Crippen molar-refractivity contribution < 1.29 is 14.7 Å². The molecule has 1 heterocycles. The molecule has 1 amide bonds. The third-order valence-electron chi connectivity index (χ3n) is 2.55. The van der Waals surface area contributed by atoms with E-state index in [0.717, 1.165) is 6.20 Å². The largest absolute Gasteiger partial charge is 0.476 e. The second-order valence-electron chi connectivity index (χ2n) is 5.59. The second kappa shape index (κ2) is 6.98. The Morgan fingerprint density at radius 1 is 1.05 bits per heavy atom. The standard InChI is InChI=1S/C14H21N3O3/c1-9(2)7-17(8-10(3)4)13(18)11-5-16-12(6-15-11)14(19)20/h5-6,9-10H,7-8H2,1-4H3,(H,19,20). The first-order valence-corrected chi connectivity index (χ1v) is 6.65. The highest BCUT2D eigenvalue weighted by atomic mass is 16.4. The van der Waals surface area contributed by atoms with Crippen molar-refractivity contribution in [2.45, 2.75) is 27.7 Å². The summed E-state index contributed by atoms with van der Waals surface area (Å²) in [6.45, 7) is 9.44. The van der Waals surface area contributed by atoms with Gasteiger partial charge in [0.05, 0.1) is 12.4 Å². The van der Waals surface area contributed by atoms with E-state index in [4.69, 9.17) is 5.11 Å². The lowest BCUT2D eigenvalue weighted by Crippen LogP contribution is -2.37. The van der Waals surface area contributed by atoms with E-state index in [2.05, 4.69) is 9.97 Å². The SMILES string of the molecule is CC(C)CN(CC(C)C)C(=O)c1cnc(C(=O)O)cn1. The van der Waals surface area contributed by atoms with E-state index in [-0.39, 0.29) is 17.3 Å². The lowest BCUT2D eigenvalue weighted by Gasteiger charge is -2.25. The summed E-state index contributed by atoms with van der Waals surface area (Å²) in [6, 6.07) is 0. The van der Waals surface area contributed by atoms with Crippen LogP contribution in [0.5, 0.6) is 0 Å². The number of carboxylic acids is 1. The molecule has 0 spiro atoms. The van der Waals surface area contributed by atoms with Crippen LogP contribution in [0.25, 0.3) is 0 Å². The fraction of sp³-hybridized carbons (Fsp3) is 0.571. The van der Waals surface area contributed by atoms with Crippen molar-refractivity contribution in [1.82, 2.24) is 14.9 Å². The van der Waals surface area contributed by atoms with Gasteiger partial charge in [-0.05, 0) is 11.8 Å². The molecule has 0 saturated heterocycles. The number of carbonyl (C=O) groups is 2. The van der Waals surface area contributed by atoms with Gasteiger partial charge in [0.1, 0.15) is 5.69 Å². The fourth-order valence-electron chi connectivity index (χ4n) is 1.83. The van der Waals surface area contributed by atoms with Crippen LogP contribution in [-0.2, 0) is 0 Å². The minimum absolute atomic E-state index is 0.166. The van der Waals surface area contributed by atoms with Crippen molar-refractivity contribution in [1.29, 1.82) is 0 Å². The van der Waals surface area contributed by atoms with E-state index in [1.54, 1.807) is 4.90 Å². The summed E-state index contributed by atoms with van der Waals surface area (Å²) in [7, 11) is 0. The Morgan fingerprint density at radius 2 is 1.50 bits per heavy atom. The lowest BCUT2D eigenvalue weighted by atomic mass is 10.1. The van der Waals surface area contributed by atoms with Crippen LogP contribution in [0.3, 0.4) is 0 Å². The van der Waals surface area contributed by atoms with Crippen molar-refractivity contribution in [3.63, 3.8) is 0 Å². The van der Waals surface area contributed by atoms with Gasteiger partial charge in [-0.25, -0.2) is 14.8 Å². The summed E-state index contributed by atoms with van der Waals surface area (Å²) < 4.78 is 0. The number of carbonyl (C=O) groups excluding carboxylic acids is 1.